The average molecular weight is 478 g/mol. The highest BCUT2D eigenvalue weighted by Gasteiger charge is 1.98. The summed E-state index contributed by atoms with van der Waals surface area (Å²) in [5.41, 5.74) is 0. The van der Waals surface area contributed by atoms with Crippen LogP contribution in [0.25, 0.3) is 0 Å². The van der Waals surface area contributed by atoms with Gasteiger partial charge in [0.15, 0.2) is 0 Å². The van der Waals surface area contributed by atoms with E-state index in [1.165, 1.54) is 186 Å². The first-order valence-electron chi connectivity index (χ1n) is 16.3. The summed E-state index contributed by atoms with van der Waals surface area (Å²) in [5.74, 6) is 0. The van der Waals surface area contributed by atoms with Crippen molar-refractivity contribution in [1.82, 2.24) is 0 Å². The maximum atomic E-state index is 10.1. The Hall–Kier alpha value is -0.420. The van der Waals surface area contributed by atoms with Crippen molar-refractivity contribution < 1.29 is 4.79 Å². The molecule has 0 fully saturated rings. The third-order valence-electron chi connectivity index (χ3n) is 7.63. The predicted molar refractivity (Wildman–Crippen MR) is 154 cm³/mol. The Labute approximate surface area is 217 Å². The Balaban J connectivity index is 3.00. The normalized spacial score (nSPS) is 11.2. The van der Waals surface area contributed by atoms with E-state index in [1.807, 2.05) is 6.29 Å². The van der Waals surface area contributed by atoms with E-state index < -0.39 is 0 Å². The van der Waals surface area contributed by atoms with Gasteiger partial charge < -0.3 is 0 Å². The van der Waals surface area contributed by atoms with Gasteiger partial charge in [-0.2, -0.15) is 0 Å². The molecule has 0 bridgehead atoms. The van der Waals surface area contributed by atoms with Crippen molar-refractivity contribution in [2.24, 2.45) is 0 Å². The van der Waals surface area contributed by atoms with Crippen molar-refractivity contribution in [2.45, 2.75) is 206 Å². The lowest BCUT2D eigenvalue weighted by Gasteiger charge is -2.04. The van der Waals surface area contributed by atoms with Gasteiger partial charge in [-0.25, -0.2) is 0 Å². The highest BCUT2D eigenvalue weighted by molar-refractivity contribution is 5.50. The lowest BCUT2D eigenvalue weighted by Crippen LogP contribution is -1.85. The molecule has 0 heterocycles. The van der Waals surface area contributed by atoms with Crippen LogP contribution in [-0.2, 0) is 4.79 Å². The van der Waals surface area contributed by atoms with Crippen LogP contribution in [0.4, 0.5) is 0 Å². The number of unbranched alkanes of at least 4 members (excludes halogenated alkanes) is 30. The van der Waals surface area contributed by atoms with Crippen LogP contribution >= 0.6 is 0 Å². The van der Waals surface area contributed by atoms with Gasteiger partial charge in [0.1, 0.15) is 0 Å². The minimum absolute atomic E-state index is 0.638. The van der Waals surface area contributed by atoms with E-state index in [0.717, 1.165) is 6.42 Å². The van der Waals surface area contributed by atoms with Crippen LogP contribution in [0, 0.1) is 0 Å². The summed E-state index contributed by atoms with van der Waals surface area (Å²) in [7, 11) is 0. The number of hydrogen-bond acceptors (Lipinski definition) is 1. The van der Waals surface area contributed by atoms with Gasteiger partial charge in [0.25, 0.3) is 0 Å². The first-order valence-corrected chi connectivity index (χ1v) is 16.3. The molecule has 0 aromatic rings. The summed E-state index contributed by atoms with van der Waals surface area (Å²) >= 11 is 0. The van der Waals surface area contributed by atoms with Gasteiger partial charge in [0.05, 0.1) is 0 Å². The maximum Gasteiger partial charge on any atom is 0.506 e. The van der Waals surface area contributed by atoms with Crippen LogP contribution < -0.4 is 0 Å². The number of hydrogen-bond donors (Lipinski definition) is 0. The van der Waals surface area contributed by atoms with Crippen LogP contribution in [-0.4, -0.2) is 6.29 Å². The molecule has 0 spiro atoms. The maximum absolute atomic E-state index is 10.1. The Bertz CT molecular complexity index is 350. The van der Waals surface area contributed by atoms with E-state index in [2.05, 4.69) is 6.92 Å². The fourth-order valence-electron chi connectivity index (χ4n) is 5.22. The molecule has 0 amide bonds. The van der Waals surface area contributed by atoms with Gasteiger partial charge in [0.2, 0.25) is 6.42 Å². The van der Waals surface area contributed by atoms with Crippen LogP contribution in [0.1, 0.15) is 206 Å². The van der Waals surface area contributed by atoms with Crippen LogP contribution in [0.2, 0.25) is 0 Å². The van der Waals surface area contributed by atoms with Crippen molar-refractivity contribution in [1.29, 1.82) is 0 Å². The minimum Gasteiger partial charge on any atom is -0.0654 e. The van der Waals surface area contributed by atoms with Crippen LogP contribution in [0.3, 0.4) is 0 Å². The predicted octanol–water partition coefficient (Wildman–Crippen LogP) is 12.2. The fourth-order valence-corrected chi connectivity index (χ4v) is 5.22. The second kappa shape index (κ2) is 32.6. The Kier molecular flexibility index (Phi) is 32.2. The topological polar surface area (TPSA) is 17.1 Å². The first kappa shape index (κ1) is 33.6. The van der Waals surface area contributed by atoms with Gasteiger partial charge in [-0.1, -0.05) is 187 Å². The standard InChI is InChI=1S/C33H65O/c1-2-3-4-5-6-7-8-9-10-11-12-13-14-15-16-17-18-19-20-21-22-23-24-25-26-27-28-29-30-31-32-33-34/h2-32H2,1H3/q+1. The summed E-state index contributed by atoms with van der Waals surface area (Å²) in [6, 6.07) is 0. The molecule has 202 valence electrons. The summed E-state index contributed by atoms with van der Waals surface area (Å²) in [4.78, 5) is 10.1. The smallest absolute Gasteiger partial charge is 0.0654 e. The Morgan fingerprint density at radius 1 is 0.294 bits per heavy atom. The molecule has 0 atom stereocenters. The lowest BCUT2D eigenvalue weighted by atomic mass is 10.0. The second-order valence-corrected chi connectivity index (χ2v) is 11.1. The summed E-state index contributed by atoms with van der Waals surface area (Å²) in [6.07, 6.45) is 45.6. The molecule has 1 nitrogen and oxygen atoms in total. The molecule has 0 aliphatic heterocycles. The minimum atomic E-state index is 0.638. The molecule has 0 saturated heterocycles. The van der Waals surface area contributed by atoms with Crippen LogP contribution in [0.5, 0.6) is 0 Å². The van der Waals surface area contributed by atoms with Crippen molar-refractivity contribution in [3.05, 3.63) is 0 Å². The van der Waals surface area contributed by atoms with Crippen LogP contribution in [0.15, 0.2) is 0 Å². The van der Waals surface area contributed by atoms with Crippen molar-refractivity contribution >= 4 is 6.29 Å². The molecular weight excluding hydrogens is 412 g/mol. The van der Waals surface area contributed by atoms with E-state index in [9.17, 15) is 4.79 Å². The van der Waals surface area contributed by atoms with Gasteiger partial charge in [-0.3, -0.25) is 0 Å². The Morgan fingerprint density at radius 3 is 0.647 bits per heavy atom. The molecule has 34 heavy (non-hydrogen) atoms. The van der Waals surface area contributed by atoms with E-state index in [0.29, 0.717) is 6.42 Å². The van der Waals surface area contributed by atoms with E-state index in [4.69, 9.17) is 0 Å². The van der Waals surface area contributed by atoms with E-state index >= 15 is 0 Å². The second-order valence-electron chi connectivity index (χ2n) is 11.1. The summed E-state index contributed by atoms with van der Waals surface area (Å²) in [6.45, 7) is 2.30. The molecule has 0 aromatic heterocycles. The molecule has 0 unspecified atom stereocenters. The van der Waals surface area contributed by atoms with Crippen molar-refractivity contribution in [3.63, 3.8) is 0 Å². The molecule has 0 aromatic carbocycles. The zero-order chi connectivity index (χ0) is 24.6. The van der Waals surface area contributed by atoms with Gasteiger partial charge >= 0.3 is 6.29 Å². The van der Waals surface area contributed by atoms with Gasteiger partial charge in [0, 0.05) is 11.2 Å². The quantitative estimate of drug-likeness (QED) is 0.0716. The summed E-state index contributed by atoms with van der Waals surface area (Å²) < 4.78 is 0. The summed E-state index contributed by atoms with van der Waals surface area (Å²) in [5, 5.41) is 0. The Morgan fingerprint density at radius 2 is 0.471 bits per heavy atom. The zero-order valence-corrected chi connectivity index (χ0v) is 23.8. The highest BCUT2D eigenvalue weighted by Crippen LogP contribution is 2.16. The molecular formula is C33H65O+. The lowest BCUT2D eigenvalue weighted by molar-refractivity contribution is 0.512. The molecule has 0 saturated carbocycles. The molecule has 0 N–H and O–H groups in total. The van der Waals surface area contributed by atoms with Gasteiger partial charge in [-0.15, -0.1) is 0 Å². The van der Waals surface area contributed by atoms with Crippen molar-refractivity contribution in [3.8, 4) is 0 Å². The highest BCUT2D eigenvalue weighted by atomic mass is 16.1. The average Bonchev–Trinajstić information content (AvgIpc) is 2.85. The molecule has 1 heteroatoms. The fraction of sp³-hybridized carbons (Fsp3) is 0.970. The third-order valence-corrected chi connectivity index (χ3v) is 7.63. The largest absolute Gasteiger partial charge is 0.506 e. The number of carbonyl (C=O) groups excluding carboxylic acids is 1. The molecule has 0 aliphatic carbocycles. The van der Waals surface area contributed by atoms with Gasteiger partial charge in [-0.05, 0) is 6.42 Å². The van der Waals surface area contributed by atoms with Crippen molar-refractivity contribution in [2.75, 3.05) is 0 Å². The zero-order valence-electron chi connectivity index (χ0n) is 23.8. The first-order chi connectivity index (χ1) is 16.9. The van der Waals surface area contributed by atoms with E-state index in [1.54, 1.807) is 0 Å². The number of rotatable bonds is 31. The monoisotopic (exact) mass is 478 g/mol. The third kappa shape index (κ3) is 31.6. The SMILES string of the molecule is CCCCCCCCCCCCCCCCCCCCCCCCCCCCCCCC[C+]=O. The molecule has 0 aliphatic rings. The molecule has 0 rings (SSSR count). The molecule has 0 radical (unpaired) electrons. The van der Waals surface area contributed by atoms with E-state index in [-0.39, 0.29) is 0 Å².